The molecule has 2 aromatic rings. The number of rotatable bonds is 3. The number of hydrogen-bond acceptors (Lipinski definition) is 5. The molecule has 0 saturated heterocycles. The Morgan fingerprint density at radius 2 is 2.33 bits per heavy atom. The average molecular weight is 245 g/mol. The fourth-order valence-corrected chi connectivity index (χ4v) is 3.49. The van der Waals surface area contributed by atoms with Crippen molar-refractivity contribution in [2.75, 3.05) is 0 Å². The molecule has 2 aromatic heterocycles. The van der Waals surface area contributed by atoms with Crippen LogP contribution in [-0.2, 0) is 6.54 Å². The van der Waals surface area contributed by atoms with Crippen LogP contribution in [-0.4, -0.2) is 25.1 Å². The molecular formula is C12H15N5O. The minimum absolute atomic E-state index is 0.501. The summed E-state index contributed by atoms with van der Waals surface area (Å²) in [6.45, 7) is 0.532. The third-order valence-electron chi connectivity index (χ3n) is 4.31. The van der Waals surface area contributed by atoms with E-state index in [1.54, 1.807) is 17.1 Å². The zero-order valence-electron chi connectivity index (χ0n) is 10.1. The van der Waals surface area contributed by atoms with Gasteiger partial charge in [-0.25, -0.2) is 4.68 Å². The van der Waals surface area contributed by atoms with E-state index in [2.05, 4.69) is 20.5 Å². The summed E-state index contributed by atoms with van der Waals surface area (Å²) < 4.78 is 7.13. The lowest BCUT2D eigenvalue weighted by Crippen LogP contribution is -2.09. The summed E-state index contributed by atoms with van der Waals surface area (Å²) in [5.74, 6) is 3.69. The highest BCUT2D eigenvalue weighted by molar-refractivity contribution is 5.05. The molecule has 0 N–H and O–H groups in total. The second-order valence-corrected chi connectivity index (χ2v) is 5.43. The second kappa shape index (κ2) is 3.90. The molecule has 2 aliphatic rings. The molecule has 0 spiro atoms. The molecular weight excluding hydrogens is 230 g/mol. The second-order valence-electron chi connectivity index (χ2n) is 5.43. The lowest BCUT2D eigenvalue weighted by Gasteiger charge is -2.16. The van der Waals surface area contributed by atoms with Crippen LogP contribution in [0.25, 0.3) is 0 Å². The maximum atomic E-state index is 5.43. The molecule has 0 aromatic carbocycles. The van der Waals surface area contributed by atoms with Gasteiger partial charge >= 0.3 is 0 Å². The van der Waals surface area contributed by atoms with Gasteiger partial charge in [-0.3, -0.25) is 0 Å². The van der Waals surface area contributed by atoms with Crippen LogP contribution in [0.15, 0.2) is 16.9 Å². The number of nitrogens with zero attached hydrogens (tertiary/aromatic N) is 5. The maximum absolute atomic E-state index is 5.43. The Labute approximate surface area is 104 Å². The van der Waals surface area contributed by atoms with E-state index in [9.17, 15) is 0 Å². The van der Waals surface area contributed by atoms with Crippen molar-refractivity contribution in [2.24, 2.45) is 11.8 Å². The smallest absolute Gasteiger partial charge is 0.230 e. The topological polar surface area (TPSA) is 69.6 Å². The van der Waals surface area contributed by atoms with E-state index in [0.29, 0.717) is 18.3 Å². The summed E-state index contributed by atoms with van der Waals surface area (Å²) >= 11 is 0. The van der Waals surface area contributed by atoms with E-state index in [0.717, 1.165) is 17.7 Å². The van der Waals surface area contributed by atoms with Crippen LogP contribution in [0.2, 0.25) is 0 Å². The lowest BCUT2D eigenvalue weighted by molar-refractivity contribution is 0.300. The molecule has 6 nitrogen and oxygen atoms in total. The monoisotopic (exact) mass is 245 g/mol. The van der Waals surface area contributed by atoms with E-state index in [-0.39, 0.29) is 0 Å². The van der Waals surface area contributed by atoms with Crippen LogP contribution in [0, 0.1) is 11.8 Å². The molecule has 2 aliphatic carbocycles. The van der Waals surface area contributed by atoms with Gasteiger partial charge in [-0.2, -0.15) is 4.98 Å². The quantitative estimate of drug-likeness (QED) is 0.821. The van der Waals surface area contributed by atoms with Gasteiger partial charge in [-0.05, 0) is 31.1 Å². The maximum Gasteiger partial charge on any atom is 0.230 e. The molecule has 2 fully saturated rings. The number of hydrogen-bond donors (Lipinski definition) is 0. The van der Waals surface area contributed by atoms with Crippen LogP contribution in [0.4, 0.5) is 0 Å². The Bertz CT molecular complexity index is 534. The predicted octanol–water partition coefficient (Wildman–Crippen LogP) is 1.61. The Balaban J connectivity index is 1.52. The Hall–Kier alpha value is -1.72. The highest BCUT2D eigenvalue weighted by Crippen LogP contribution is 2.52. The Morgan fingerprint density at radius 1 is 1.33 bits per heavy atom. The van der Waals surface area contributed by atoms with Crippen molar-refractivity contribution >= 4 is 0 Å². The molecule has 3 atom stereocenters. The van der Waals surface area contributed by atoms with Crippen LogP contribution < -0.4 is 0 Å². The molecule has 94 valence electrons. The van der Waals surface area contributed by atoms with Crippen LogP contribution in [0.3, 0.4) is 0 Å². The molecule has 4 rings (SSSR count). The van der Waals surface area contributed by atoms with Crippen molar-refractivity contribution in [3.63, 3.8) is 0 Å². The van der Waals surface area contributed by atoms with E-state index < -0.39 is 0 Å². The normalized spacial score (nSPS) is 30.1. The highest BCUT2D eigenvalue weighted by atomic mass is 16.5. The van der Waals surface area contributed by atoms with Crippen LogP contribution in [0.5, 0.6) is 0 Å². The van der Waals surface area contributed by atoms with Crippen molar-refractivity contribution in [1.82, 2.24) is 25.1 Å². The van der Waals surface area contributed by atoms with Gasteiger partial charge in [0.25, 0.3) is 0 Å². The molecule has 2 bridgehead atoms. The Kier molecular flexibility index (Phi) is 2.21. The molecule has 2 heterocycles. The summed E-state index contributed by atoms with van der Waals surface area (Å²) in [6.07, 6.45) is 8.75. The fraction of sp³-hybridized carbons (Fsp3) is 0.667. The molecule has 18 heavy (non-hydrogen) atoms. The van der Waals surface area contributed by atoms with Crippen molar-refractivity contribution < 1.29 is 4.52 Å². The first-order chi connectivity index (χ1) is 8.88. The molecule has 0 radical (unpaired) electrons. The molecule has 3 unspecified atom stereocenters. The summed E-state index contributed by atoms with van der Waals surface area (Å²) in [6, 6.07) is 0. The minimum atomic E-state index is 0.501. The molecule has 2 saturated carbocycles. The molecule has 0 aliphatic heterocycles. The third kappa shape index (κ3) is 1.63. The largest absolute Gasteiger partial charge is 0.339 e. The number of fused-ring (bicyclic) bond motifs is 2. The lowest BCUT2D eigenvalue weighted by atomic mass is 9.89. The van der Waals surface area contributed by atoms with E-state index in [1.165, 1.54) is 25.7 Å². The van der Waals surface area contributed by atoms with Gasteiger partial charge in [0.1, 0.15) is 6.54 Å². The predicted molar refractivity (Wildman–Crippen MR) is 61.6 cm³/mol. The van der Waals surface area contributed by atoms with E-state index >= 15 is 0 Å². The SMILES string of the molecule is c1cn(Cc2noc(C3CC4CCC3C4)n2)nn1. The summed E-state index contributed by atoms with van der Waals surface area (Å²) in [5.41, 5.74) is 0. The first kappa shape index (κ1) is 10.2. The molecule has 6 heteroatoms. The number of aromatic nitrogens is 5. The van der Waals surface area contributed by atoms with Gasteiger partial charge in [-0.1, -0.05) is 16.8 Å². The summed E-state index contributed by atoms with van der Waals surface area (Å²) in [7, 11) is 0. The minimum Gasteiger partial charge on any atom is -0.339 e. The average Bonchev–Trinajstić information content (AvgIpc) is 3.14. The van der Waals surface area contributed by atoms with Crippen LogP contribution >= 0.6 is 0 Å². The first-order valence-electron chi connectivity index (χ1n) is 6.55. The van der Waals surface area contributed by atoms with Crippen molar-refractivity contribution in [1.29, 1.82) is 0 Å². The zero-order valence-corrected chi connectivity index (χ0v) is 10.1. The van der Waals surface area contributed by atoms with E-state index in [4.69, 9.17) is 4.52 Å². The van der Waals surface area contributed by atoms with Crippen molar-refractivity contribution in [3.8, 4) is 0 Å². The van der Waals surface area contributed by atoms with Gasteiger partial charge in [0.05, 0.1) is 6.20 Å². The molecule has 0 amide bonds. The van der Waals surface area contributed by atoms with Gasteiger partial charge in [0.15, 0.2) is 5.82 Å². The van der Waals surface area contributed by atoms with Gasteiger partial charge in [-0.15, -0.1) is 5.10 Å². The third-order valence-corrected chi connectivity index (χ3v) is 4.31. The van der Waals surface area contributed by atoms with Crippen molar-refractivity contribution in [3.05, 3.63) is 24.1 Å². The van der Waals surface area contributed by atoms with E-state index in [1.807, 2.05) is 0 Å². The van der Waals surface area contributed by atoms with Gasteiger partial charge in [0.2, 0.25) is 5.89 Å². The standard InChI is InChI=1S/C12H15N5O/c1-2-9-5-8(1)6-10(9)12-14-11(15-18-12)7-17-4-3-13-16-17/h3-4,8-10H,1-2,5-7H2. The summed E-state index contributed by atoms with van der Waals surface area (Å²) in [5, 5.41) is 11.7. The zero-order chi connectivity index (χ0) is 11.9. The van der Waals surface area contributed by atoms with Crippen molar-refractivity contribution in [2.45, 2.75) is 38.1 Å². The van der Waals surface area contributed by atoms with Gasteiger partial charge in [0, 0.05) is 12.1 Å². The Morgan fingerprint density at radius 3 is 3.06 bits per heavy atom. The highest BCUT2D eigenvalue weighted by Gasteiger charge is 2.42. The fourth-order valence-electron chi connectivity index (χ4n) is 3.49. The van der Waals surface area contributed by atoms with Crippen LogP contribution in [0.1, 0.15) is 43.3 Å². The van der Waals surface area contributed by atoms with Gasteiger partial charge < -0.3 is 4.52 Å². The summed E-state index contributed by atoms with van der Waals surface area (Å²) in [4.78, 5) is 4.52. The first-order valence-corrected chi connectivity index (χ1v) is 6.55.